The molecule has 0 radical (unpaired) electrons. The summed E-state index contributed by atoms with van der Waals surface area (Å²) in [5, 5.41) is 0. The summed E-state index contributed by atoms with van der Waals surface area (Å²) < 4.78 is 5.23. The normalized spacial score (nSPS) is 24.6. The number of rotatable bonds is 3. The van der Waals surface area contributed by atoms with Crippen LogP contribution in [0.15, 0.2) is 24.5 Å². The van der Waals surface area contributed by atoms with Gasteiger partial charge in [-0.3, -0.25) is 9.88 Å². The van der Waals surface area contributed by atoms with E-state index in [0.29, 0.717) is 19.6 Å². The predicted octanol–water partition coefficient (Wildman–Crippen LogP) is 0.751. The van der Waals surface area contributed by atoms with Crippen LogP contribution in [0.4, 0.5) is 4.79 Å². The van der Waals surface area contributed by atoms with E-state index in [1.807, 2.05) is 19.1 Å². The highest BCUT2D eigenvalue weighted by molar-refractivity contribution is 5.70. The molecule has 1 unspecified atom stereocenters. The van der Waals surface area contributed by atoms with Crippen LogP contribution in [-0.2, 0) is 11.3 Å². The number of hydrogen-bond acceptors (Lipinski definition) is 4. The molecule has 1 aromatic heterocycles. The molecular weight excluding hydrogens is 206 g/mol. The maximum absolute atomic E-state index is 11.6. The van der Waals surface area contributed by atoms with Gasteiger partial charge >= 0.3 is 6.09 Å². The summed E-state index contributed by atoms with van der Waals surface area (Å²) in [5.41, 5.74) is 6.06. The van der Waals surface area contributed by atoms with E-state index in [9.17, 15) is 4.79 Å². The fourth-order valence-corrected chi connectivity index (χ4v) is 1.71. The first-order chi connectivity index (χ1) is 7.63. The van der Waals surface area contributed by atoms with Gasteiger partial charge in [0.1, 0.15) is 5.60 Å². The van der Waals surface area contributed by atoms with Crippen LogP contribution in [0.2, 0.25) is 0 Å². The number of cyclic esters (lactones) is 1. The minimum absolute atomic E-state index is 0.301. The lowest BCUT2D eigenvalue weighted by Crippen LogP contribution is -2.38. The van der Waals surface area contributed by atoms with Crippen LogP contribution in [0.1, 0.15) is 12.5 Å². The molecule has 86 valence electrons. The summed E-state index contributed by atoms with van der Waals surface area (Å²) >= 11 is 0. The Morgan fingerprint density at radius 2 is 2.25 bits per heavy atom. The average Bonchev–Trinajstić information content (AvgIpc) is 2.57. The highest BCUT2D eigenvalue weighted by atomic mass is 16.6. The molecule has 2 rings (SSSR count). The zero-order chi connectivity index (χ0) is 11.6. The summed E-state index contributed by atoms with van der Waals surface area (Å²) in [4.78, 5) is 17.2. The summed E-state index contributed by atoms with van der Waals surface area (Å²) in [6, 6.07) is 3.76. The third kappa shape index (κ3) is 2.14. The highest BCUT2D eigenvalue weighted by Gasteiger charge is 2.40. The molecule has 1 aliphatic heterocycles. The van der Waals surface area contributed by atoms with Gasteiger partial charge in [-0.05, 0) is 24.6 Å². The number of pyridine rings is 1. The lowest BCUT2D eigenvalue weighted by Gasteiger charge is -2.18. The lowest BCUT2D eigenvalue weighted by atomic mass is 10.1. The quantitative estimate of drug-likeness (QED) is 0.817. The number of hydrogen-bond donors (Lipinski definition) is 1. The van der Waals surface area contributed by atoms with Crippen LogP contribution < -0.4 is 5.73 Å². The number of nitrogens with two attached hydrogens (primary N) is 1. The van der Waals surface area contributed by atoms with E-state index in [2.05, 4.69) is 4.98 Å². The van der Waals surface area contributed by atoms with Crippen molar-refractivity contribution in [2.24, 2.45) is 5.73 Å². The van der Waals surface area contributed by atoms with Crippen molar-refractivity contribution >= 4 is 6.09 Å². The second kappa shape index (κ2) is 4.09. The van der Waals surface area contributed by atoms with Crippen molar-refractivity contribution in [3.05, 3.63) is 30.1 Å². The van der Waals surface area contributed by atoms with E-state index in [-0.39, 0.29) is 6.09 Å². The first kappa shape index (κ1) is 10.9. The zero-order valence-electron chi connectivity index (χ0n) is 9.22. The molecule has 5 heteroatoms. The third-order valence-corrected chi connectivity index (χ3v) is 2.67. The SMILES string of the molecule is CC1(CN)CN(Cc2ccncc2)C(=O)O1. The second-order valence-corrected chi connectivity index (χ2v) is 4.23. The van der Waals surface area contributed by atoms with Crippen LogP contribution >= 0.6 is 0 Å². The van der Waals surface area contributed by atoms with Gasteiger partial charge in [-0.2, -0.15) is 0 Å². The van der Waals surface area contributed by atoms with Crippen molar-refractivity contribution in [3.8, 4) is 0 Å². The van der Waals surface area contributed by atoms with Crippen LogP contribution in [0, 0.1) is 0 Å². The lowest BCUT2D eigenvalue weighted by molar-refractivity contribution is 0.0781. The molecule has 5 nitrogen and oxygen atoms in total. The smallest absolute Gasteiger partial charge is 0.410 e. The Bertz CT molecular complexity index is 382. The molecule has 0 saturated carbocycles. The predicted molar refractivity (Wildman–Crippen MR) is 58.6 cm³/mol. The number of nitrogens with zero attached hydrogens (tertiary/aromatic N) is 2. The first-order valence-corrected chi connectivity index (χ1v) is 5.20. The van der Waals surface area contributed by atoms with E-state index in [1.54, 1.807) is 17.3 Å². The van der Waals surface area contributed by atoms with E-state index >= 15 is 0 Å². The first-order valence-electron chi connectivity index (χ1n) is 5.20. The van der Waals surface area contributed by atoms with E-state index in [0.717, 1.165) is 5.56 Å². The Morgan fingerprint density at radius 3 is 2.81 bits per heavy atom. The number of aromatic nitrogens is 1. The molecule has 0 aliphatic carbocycles. The van der Waals surface area contributed by atoms with Crippen LogP contribution in [-0.4, -0.2) is 34.7 Å². The van der Waals surface area contributed by atoms with Gasteiger partial charge in [0.2, 0.25) is 0 Å². The minimum atomic E-state index is -0.551. The summed E-state index contributed by atoms with van der Waals surface area (Å²) in [6.07, 6.45) is 3.11. The minimum Gasteiger partial charge on any atom is -0.440 e. The Morgan fingerprint density at radius 1 is 1.56 bits per heavy atom. The molecule has 1 amide bonds. The fourth-order valence-electron chi connectivity index (χ4n) is 1.71. The Labute approximate surface area is 94.2 Å². The summed E-state index contributed by atoms with van der Waals surface area (Å²) in [5.74, 6) is 0. The number of ether oxygens (including phenoxy) is 1. The molecule has 1 fully saturated rings. The Kier molecular flexibility index (Phi) is 2.78. The van der Waals surface area contributed by atoms with Gasteiger partial charge in [0, 0.05) is 25.5 Å². The molecule has 2 heterocycles. The summed E-state index contributed by atoms with van der Waals surface area (Å²) in [6.45, 7) is 3.25. The van der Waals surface area contributed by atoms with Crippen LogP contribution in [0.25, 0.3) is 0 Å². The topological polar surface area (TPSA) is 68.5 Å². The average molecular weight is 221 g/mol. The van der Waals surface area contributed by atoms with Crippen molar-refractivity contribution in [3.63, 3.8) is 0 Å². The molecule has 0 spiro atoms. The van der Waals surface area contributed by atoms with Crippen LogP contribution in [0.5, 0.6) is 0 Å². The van der Waals surface area contributed by atoms with Gasteiger partial charge in [0.15, 0.2) is 0 Å². The molecule has 16 heavy (non-hydrogen) atoms. The largest absolute Gasteiger partial charge is 0.440 e. The number of carbonyl (C=O) groups is 1. The fraction of sp³-hybridized carbons (Fsp3) is 0.455. The standard InChI is InChI=1S/C11H15N3O2/c1-11(7-12)8-14(10(15)16-11)6-9-2-4-13-5-3-9/h2-5H,6-8,12H2,1H3. The van der Waals surface area contributed by atoms with Crippen molar-refractivity contribution in [2.45, 2.75) is 19.1 Å². The zero-order valence-corrected chi connectivity index (χ0v) is 9.22. The number of carbonyl (C=O) groups excluding carboxylic acids is 1. The maximum atomic E-state index is 11.6. The molecule has 1 aliphatic rings. The monoisotopic (exact) mass is 221 g/mol. The third-order valence-electron chi connectivity index (χ3n) is 2.67. The van der Waals surface area contributed by atoms with Gasteiger partial charge in [0.05, 0.1) is 6.54 Å². The van der Waals surface area contributed by atoms with Crippen molar-refractivity contribution < 1.29 is 9.53 Å². The highest BCUT2D eigenvalue weighted by Crippen LogP contribution is 2.22. The van der Waals surface area contributed by atoms with E-state index in [4.69, 9.17) is 10.5 Å². The van der Waals surface area contributed by atoms with Crippen LogP contribution in [0.3, 0.4) is 0 Å². The van der Waals surface area contributed by atoms with Gasteiger partial charge in [0.25, 0.3) is 0 Å². The second-order valence-electron chi connectivity index (χ2n) is 4.23. The molecule has 2 N–H and O–H groups in total. The molecule has 1 aromatic rings. The van der Waals surface area contributed by atoms with Gasteiger partial charge < -0.3 is 10.5 Å². The van der Waals surface area contributed by atoms with Gasteiger partial charge in [-0.15, -0.1) is 0 Å². The van der Waals surface area contributed by atoms with Gasteiger partial charge in [-0.25, -0.2) is 4.79 Å². The Balaban J connectivity index is 2.05. The van der Waals surface area contributed by atoms with Gasteiger partial charge in [-0.1, -0.05) is 0 Å². The van der Waals surface area contributed by atoms with Crippen molar-refractivity contribution in [1.29, 1.82) is 0 Å². The van der Waals surface area contributed by atoms with Crippen molar-refractivity contribution in [1.82, 2.24) is 9.88 Å². The number of amides is 1. The van der Waals surface area contributed by atoms with E-state index < -0.39 is 5.60 Å². The maximum Gasteiger partial charge on any atom is 0.410 e. The molecule has 1 atom stereocenters. The molecule has 0 aromatic carbocycles. The Hall–Kier alpha value is -1.62. The summed E-state index contributed by atoms with van der Waals surface area (Å²) in [7, 11) is 0. The molecule has 0 bridgehead atoms. The molecule has 1 saturated heterocycles. The molecular formula is C11H15N3O2. The van der Waals surface area contributed by atoms with E-state index in [1.165, 1.54) is 0 Å². The van der Waals surface area contributed by atoms with Crippen molar-refractivity contribution in [2.75, 3.05) is 13.1 Å².